The maximum Gasteiger partial charge on any atom is 0.244 e. The molecule has 202 valence electrons. The average Bonchev–Trinajstić information content (AvgIpc) is 2.85. The molecule has 2 amide bonds. The standard InChI is InChI=1S/C26H32Cl2FN3O4S/c1-3-24(26(34)30-20-7-5-4-6-8-20)31(16-18-9-11-19(29)12-10-18)25(33)17-32(37(2,35)36)21-13-14-22(27)23(28)15-21/h9-15,20,24H,3-8,16-17H2,1-2H3,(H,30,34). The molecule has 0 aliphatic heterocycles. The predicted octanol–water partition coefficient (Wildman–Crippen LogP) is 5.15. The van der Waals surface area contributed by atoms with E-state index in [2.05, 4.69) is 5.32 Å². The van der Waals surface area contributed by atoms with Crippen LogP contribution in [-0.4, -0.2) is 50.0 Å². The molecule has 11 heteroatoms. The summed E-state index contributed by atoms with van der Waals surface area (Å²) in [4.78, 5) is 28.4. The van der Waals surface area contributed by atoms with Crippen LogP contribution in [0.1, 0.15) is 51.0 Å². The summed E-state index contributed by atoms with van der Waals surface area (Å²) in [5.41, 5.74) is 0.783. The zero-order valence-electron chi connectivity index (χ0n) is 20.9. The number of halogens is 3. The zero-order chi connectivity index (χ0) is 27.2. The lowest BCUT2D eigenvalue weighted by Gasteiger charge is -2.34. The molecule has 1 atom stereocenters. The molecule has 0 radical (unpaired) electrons. The second kappa shape index (κ2) is 12.9. The van der Waals surface area contributed by atoms with Crippen LogP contribution in [0.15, 0.2) is 42.5 Å². The molecular formula is C26H32Cl2FN3O4S. The Bertz CT molecular complexity index is 1200. The molecule has 3 rings (SSSR count). The highest BCUT2D eigenvalue weighted by Gasteiger charge is 2.33. The first-order valence-corrected chi connectivity index (χ1v) is 14.9. The van der Waals surface area contributed by atoms with Gasteiger partial charge in [-0.05, 0) is 55.2 Å². The van der Waals surface area contributed by atoms with Gasteiger partial charge in [0.1, 0.15) is 18.4 Å². The first-order valence-electron chi connectivity index (χ1n) is 12.3. The maximum absolute atomic E-state index is 13.7. The fraction of sp³-hybridized carbons (Fsp3) is 0.462. The molecule has 0 aromatic heterocycles. The Morgan fingerprint density at radius 1 is 1.05 bits per heavy atom. The number of benzene rings is 2. The van der Waals surface area contributed by atoms with Crippen LogP contribution in [0.4, 0.5) is 10.1 Å². The molecule has 1 unspecified atom stereocenters. The third kappa shape index (κ3) is 8.06. The van der Waals surface area contributed by atoms with Crippen LogP contribution in [0.3, 0.4) is 0 Å². The molecule has 7 nitrogen and oxygen atoms in total. The second-order valence-corrected chi connectivity index (χ2v) is 12.0. The van der Waals surface area contributed by atoms with Crippen molar-refractivity contribution in [2.45, 2.75) is 64.1 Å². The number of hydrogen-bond donors (Lipinski definition) is 1. The van der Waals surface area contributed by atoms with Crippen molar-refractivity contribution in [1.29, 1.82) is 0 Å². The van der Waals surface area contributed by atoms with Gasteiger partial charge in [0.15, 0.2) is 0 Å². The smallest absolute Gasteiger partial charge is 0.244 e. The van der Waals surface area contributed by atoms with Crippen molar-refractivity contribution >= 4 is 50.7 Å². The zero-order valence-corrected chi connectivity index (χ0v) is 23.3. The number of hydrogen-bond acceptors (Lipinski definition) is 4. The van der Waals surface area contributed by atoms with Gasteiger partial charge in [0.2, 0.25) is 21.8 Å². The first-order chi connectivity index (χ1) is 17.5. The number of rotatable bonds is 10. The lowest BCUT2D eigenvalue weighted by Crippen LogP contribution is -2.53. The van der Waals surface area contributed by atoms with Crippen LogP contribution in [-0.2, 0) is 26.2 Å². The summed E-state index contributed by atoms with van der Waals surface area (Å²) in [6, 6.07) is 9.11. The number of anilines is 1. The van der Waals surface area contributed by atoms with E-state index in [4.69, 9.17) is 23.2 Å². The van der Waals surface area contributed by atoms with E-state index >= 15 is 0 Å². The van der Waals surface area contributed by atoms with Crippen LogP contribution in [0.2, 0.25) is 10.0 Å². The van der Waals surface area contributed by atoms with E-state index in [1.807, 2.05) is 0 Å². The fourth-order valence-electron chi connectivity index (χ4n) is 4.50. The van der Waals surface area contributed by atoms with Crippen LogP contribution >= 0.6 is 23.2 Å². The number of carbonyl (C=O) groups is 2. The van der Waals surface area contributed by atoms with Crippen LogP contribution in [0, 0.1) is 5.82 Å². The summed E-state index contributed by atoms with van der Waals surface area (Å²) in [7, 11) is -3.90. The summed E-state index contributed by atoms with van der Waals surface area (Å²) >= 11 is 12.1. The molecule has 0 bridgehead atoms. The highest BCUT2D eigenvalue weighted by atomic mass is 35.5. The van der Waals surface area contributed by atoms with Gasteiger partial charge >= 0.3 is 0 Å². The van der Waals surface area contributed by atoms with Gasteiger partial charge in [0, 0.05) is 12.6 Å². The minimum atomic E-state index is -3.90. The lowest BCUT2D eigenvalue weighted by molar-refractivity contribution is -0.140. The van der Waals surface area contributed by atoms with Crippen LogP contribution < -0.4 is 9.62 Å². The molecule has 0 spiro atoms. The number of carbonyl (C=O) groups excluding carboxylic acids is 2. The predicted molar refractivity (Wildman–Crippen MR) is 145 cm³/mol. The number of amides is 2. The highest BCUT2D eigenvalue weighted by molar-refractivity contribution is 7.92. The normalized spacial score (nSPS) is 15.2. The van der Waals surface area contributed by atoms with Crippen molar-refractivity contribution < 1.29 is 22.4 Å². The average molecular weight is 573 g/mol. The monoisotopic (exact) mass is 571 g/mol. The van der Waals surface area contributed by atoms with Crippen molar-refractivity contribution in [2.75, 3.05) is 17.1 Å². The van der Waals surface area contributed by atoms with Gasteiger partial charge in [-0.15, -0.1) is 0 Å². The fourth-order valence-corrected chi connectivity index (χ4v) is 5.64. The van der Waals surface area contributed by atoms with Gasteiger partial charge < -0.3 is 10.2 Å². The van der Waals surface area contributed by atoms with Crippen LogP contribution in [0.25, 0.3) is 0 Å². The van der Waals surface area contributed by atoms with Crippen LogP contribution in [0.5, 0.6) is 0 Å². The van der Waals surface area contributed by atoms with Crippen molar-refractivity contribution in [3.63, 3.8) is 0 Å². The van der Waals surface area contributed by atoms with Gasteiger partial charge in [0.05, 0.1) is 22.0 Å². The molecule has 2 aromatic carbocycles. The second-order valence-electron chi connectivity index (χ2n) is 9.28. The first kappa shape index (κ1) is 29.2. The SMILES string of the molecule is CCC(C(=O)NC1CCCCC1)N(Cc1ccc(F)cc1)C(=O)CN(c1ccc(Cl)c(Cl)c1)S(C)(=O)=O. The molecule has 37 heavy (non-hydrogen) atoms. The molecule has 2 aromatic rings. The molecule has 0 saturated heterocycles. The van der Waals surface area contributed by atoms with Crippen molar-refractivity contribution in [3.05, 3.63) is 63.9 Å². The topological polar surface area (TPSA) is 86.8 Å². The molecule has 1 fully saturated rings. The summed E-state index contributed by atoms with van der Waals surface area (Å²) in [6.07, 6.45) is 6.27. The molecule has 1 N–H and O–H groups in total. The van der Waals surface area contributed by atoms with Gasteiger partial charge in [0.25, 0.3) is 0 Å². The van der Waals surface area contributed by atoms with E-state index in [-0.39, 0.29) is 34.2 Å². The Morgan fingerprint density at radius 2 is 1.70 bits per heavy atom. The maximum atomic E-state index is 13.7. The highest BCUT2D eigenvalue weighted by Crippen LogP contribution is 2.29. The number of nitrogens with one attached hydrogen (secondary N) is 1. The third-order valence-electron chi connectivity index (χ3n) is 6.47. The summed E-state index contributed by atoms with van der Waals surface area (Å²) in [5, 5.41) is 3.46. The minimum absolute atomic E-state index is 0.00861. The van der Waals surface area contributed by atoms with Gasteiger partial charge in [-0.25, -0.2) is 12.8 Å². The van der Waals surface area contributed by atoms with E-state index in [1.54, 1.807) is 6.92 Å². The third-order valence-corrected chi connectivity index (χ3v) is 8.35. The number of nitrogens with zero attached hydrogens (tertiary/aromatic N) is 2. The van der Waals surface area contributed by atoms with Crippen molar-refractivity contribution in [1.82, 2.24) is 10.2 Å². The molecule has 1 saturated carbocycles. The largest absolute Gasteiger partial charge is 0.352 e. The Balaban J connectivity index is 1.92. The van der Waals surface area contributed by atoms with E-state index in [9.17, 15) is 22.4 Å². The van der Waals surface area contributed by atoms with Gasteiger partial charge in [-0.2, -0.15) is 0 Å². The van der Waals surface area contributed by atoms with Crippen molar-refractivity contribution in [2.24, 2.45) is 0 Å². The molecule has 0 heterocycles. The van der Waals surface area contributed by atoms with E-state index in [0.29, 0.717) is 12.0 Å². The molecule has 1 aliphatic rings. The Morgan fingerprint density at radius 3 is 2.27 bits per heavy atom. The lowest BCUT2D eigenvalue weighted by atomic mass is 9.95. The summed E-state index contributed by atoms with van der Waals surface area (Å²) in [6.45, 7) is 1.25. The van der Waals surface area contributed by atoms with E-state index in [1.165, 1.54) is 47.4 Å². The Hall–Kier alpha value is -2.36. The van der Waals surface area contributed by atoms with E-state index in [0.717, 1.165) is 42.7 Å². The summed E-state index contributed by atoms with van der Waals surface area (Å²) in [5.74, 6) is -1.29. The Labute approximate surface area is 228 Å². The number of sulfonamides is 1. The minimum Gasteiger partial charge on any atom is -0.352 e. The van der Waals surface area contributed by atoms with Gasteiger partial charge in [-0.1, -0.05) is 61.5 Å². The molecular weight excluding hydrogens is 540 g/mol. The Kier molecular flexibility index (Phi) is 10.2. The van der Waals surface area contributed by atoms with Gasteiger partial charge in [-0.3, -0.25) is 13.9 Å². The van der Waals surface area contributed by atoms with E-state index < -0.39 is 34.3 Å². The quantitative estimate of drug-likeness (QED) is 0.427. The molecule has 1 aliphatic carbocycles. The summed E-state index contributed by atoms with van der Waals surface area (Å²) < 4.78 is 39.8. The van der Waals surface area contributed by atoms with Crippen molar-refractivity contribution in [3.8, 4) is 0 Å².